The molecule has 0 amide bonds. The van der Waals surface area contributed by atoms with E-state index in [1.807, 2.05) is 0 Å². The Hall–Kier alpha value is 0.420. The zero-order valence-corrected chi connectivity index (χ0v) is 7.98. The SMILES string of the molecule is CNS(=O)(=O)c1ccc(Cl)cc1.[NaH]. The van der Waals surface area contributed by atoms with Crippen LogP contribution >= 0.6 is 11.6 Å². The predicted octanol–water partition coefficient (Wildman–Crippen LogP) is 0.600. The van der Waals surface area contributed by atoms with Crippen LogP contribution in [0.2, 0.25) is 5.02 Å². The third-order valence-electron chi connectivity index (χ3n) is 1.39. The zero-order chi connectivity index (χ0) is 9.19. The molecule has 1 aromatic rings. The molecule has 0 saturated carbocycles. The van der Waals surface area contributed by atoms with Crippen molar-refractivity contribution in [2.24, 2.45) is 0 Å². The van der Waals surface area contributed by atoms with E-state index < -0.39 is 10.0 Å². The fraction of sp³-hybridized carbons (Fsp3) is 0.143. The summed E-state index contributed by atoms with van der Waals surface area (Å²) in [6.45, 7) is 0. The molecule has 0 aliphatic rings. The van der Waals surface area contributed by atoms with Crippen LogP contribution in [0.4, 0.5) is 0 Å². The average Bonchev–Trinajstić information content (AvgIpc) is 2.05. The summed E-state index contributed by atoms with van der Waals surface area (Å²) in [7, 11) is -1.96. The number of benzene rings is 1. The van der Waals surface area contributed by atoms with Gasteiger partial charge in [0.25, 0.3) is 0 Å². The summed E-state index contributed by atoms with van der Waals surface area (Å²) in [6, 6.07) is 5.97. The Morgan fingerprint density at radius 2 is 1.69 bits per heavy atom. The van der Waals surface area contributed by atoms with Crippen LogP contribution < -0.4 is 4.72 Å². The molecule has 3 nitrogen and oxygen atoms in total. The Labute approximate surface area is 105 Å². The van der Waals surface area contributed by atoms with Gasteiger partial charge in [-0.3, -0.25) is 0 Å². The number of sulfonamides is 1. The normalized spacial score (nSPS) is 10.6. The topological polar surface area (TPSA) is 46.2 Å². The summed E-state index contributed by atoms with van der Waals surface area (Å²) in [4.78, 5) is 0.217. The quantitative estimate of drug-likeness (QED) is 0.755. The fourth-order valence-corrected chi connectivity index (χ4v) is 1.59. The van der Waals surface area contributed by atoms with Gasteiger partial charge in [0, 0.05) is 5.02 Å². The van der Waals surface area contributed by atoms with E-state index in [0.717, 1.165) is 0 Å². The molecule has 0 heterocycles. The standard InChI is InChI=1S/C7H8ClNO2S.Na.H/c1-9-12(10,11)7-4-2-6(8)3-5-7;;/h2-5,9H,1H3;;. The van der Waals surface area contributed by atoms with E-state index in [-0.39, 0.29) is 34.5 Å². The molecule has 0 atom stereocenters. The Balaban J connectivity index is 0.00000144. The molecule has 0 spiro atoms. The molecule has 0 fully saturated rings. The summed E-state index contributed by atoms with van der Waals surface area (Å²) in [6.07, 6.45) is 0. The molecule has 0 bridgehead atoms. The first-order valence-corrected chi connectivity index (χ1v) is 5.11. The van der Waals surface area contributed by atoms with Gasteiger partial charge in [-0.2, -0.15) is 0 Å². The number of nitrogens with one attached hydrogen (secondary N) is 1. The Morgan fingerprint density at radius 1 is 1.23 bits per heavy atom. The van der Waals surface area contributed by atoms with E-state index in [9.17, 15) is 8.42 Å². The number of halogens is 1. The summed E-state index contributed by atoms with van der Waals surface area (Å²) in [5.41, 5.74) is 0. The molecular formula is C7H9ClNNaO2S. The van der Waals surface area contributed by atoms with Crippen LogP contribution in [0.5, 0.6) is 0 Å². The van der Waals surface area contributed by atoms with Crippen molar-refractivity contribution in [3.05, 3.63) is 29.3 Å². The molecule has 0 radical (unpaired) electrons. The molecule has 1 aromatic carbocycles. The van der Waals surface area contributed by atoms with Crippen LogP contribution in [0.3, 0.4) is 0 Å². The minimum atomic E-state index is -3.32. The number of rotatable bonds is 2. The summed E-state index contributed by atoms with van der Waals surface area (Å²) in [5, 5.41) is 0.519. The van der Waals surface area contributed by atoms with Gasteiger partial charge in [0.2, 0.25) is 10.0 Å². The molecular weight excluding hydrogens is 221 g/mol. The Kier molecular flexibility index (Phi) is 5.51. The van der Waals surface area contributed by atoms with Gasteiger partial charge in [-0.05, 0) is 31.3 Å². The van der Waals surface area contributed by atoms with Crippen LogP contribution in [0.15, 0.2) is 29.2 Å². The van der Waals surface area contributed by atoms with Crippen molar-refractivity contribution in [3.63, 3.8) is 0 Å². The number of hydrogen-bond acceptors (Lipinski definition) is 2. The second-order valence-corrected chi connectivity index (χ2v) is 4.48. The first kappa shape index (κ1) is 13.4. The molecule has 1 rings (SSSR count). The van der Waals surface area contributed by atoms with Crippen LogP contribution in [0, 0.1) is 0 Å². The van der Waals surface area contributed by atoms with Gasteiger partial charge in [-0.25, -0.2) is 13.1 Å². The first-order chi connectivity index (χ1) is 5.56. The monoisotopic (exact) mass is 229 g/mol. The maximum absolute atomic E-state index is 11.2. The molecule has 0 saturated heterocycles. The maximum atomic E-state index is 11.2. The van der Waals surface area contributed by atoms with Crippen LogP contribution in [-0.4, -0.2) is 45.0 Å². The van der Waals surface area contributed by atoms with Crippen molar-refractivity contribution >= 4 is 51.2 Å². The van der Waals surface area contributed by atoms with E-state index in [0.29, 0.717) is 5.02 Å². The molecule has 0 aliphatic carbocycles. The summed E-state index contributed by atoms with van der Waals surface area (Å²) >= 11 is 5.59. The van der Waals surface area contributed by atoms with Crippen LogP contribution in [-0.2, 0) is 10.0 Å². The minimum absolute atomic E-state index is 0. The van der Waals surface area contributed by atoms with Gasteiger partial charge in [-0.1, -0.05) is 11.6 Å². The molecule has 0 aliphatic heterocycles. The Morgan fingerprint density at radius 3 is 2.08 bits per heavy atom. The van der Waals surface area contributed by atoms with E-state index in [1.165, 1.54) is 31.3 Å². The summed E-state index contributed by atoms with van der Waals surface area (Å²) < 4.78 is 24.5. The van der Waals surface area contributed by atoms with Crippen molar-refractivity contribution in [1.29, 1.82) is 0 Å². The van der Waals surface area contributed by atoms with E-state index >= 15 is 0 Å². The molecule has 0 unspecified atom stereocenters. The average molecular weight is 230 g/mol. The molecule has 13 heavy (non-hydrogen) atoms. The zero-order valence-electron chi connectivity index (χ0n) is 6.41. The summed E-state index contributed by atoms with van der Waals surface area (Å²) in [5.74, 6) is 0. The predicted molar refractivity (Wildman–Crippen MR) is 54.8 cm³/mol. The van der Waals surface area contributed by atoms with Gasteiger partial charge >= 0.3 is 29.6 Å². The van der Waals surface area contributed by atoms with Gasteiger partial charge in [0.15, 0.2) is 0 Å². The van der Waals surface area contributed by atoms with Crippen molar-refractivity contribution in [2.75, 3.05) is 7.05 Å². The third-order valence-corrected chi connectivity index (χ3v) is 3.07. The Bertz CT molecular complexity index is 363. The van der Waals surface area contributed by atoms with Crippen molar-refractivity contribution in [2.45, 2.75) is 4.90 Å². The van der Waals surface area contributed by atoms with Gasteiger partial charge in [-0.15, -0.1) is 0 Å². The molecule has 1 N–H and O–H groups in total. The fourth-order valence-electron chi connectivity index (χ4n) is 0.732. The molecule has 0 aromatic heterocycles. The van der Waals surface area contributed by atoms with Crippen LogP contribution in [0.1, 0.15) is 0 Å². The van der Waals surface area contributed by atoms with Crippen LogP contribution in [0.25, 0.3) is 0 Å². The first-order valence-electron chi connectivity index (χ1n) is 3.25. The second-order valence-electron chi connectivity index (χ2n) is 2.16. The number of hydrogen-bond donors (Lipinski definition) is 1. The van der Waals surface area contributed by atoms with E-state index in [2.05, 4.69) is 4.72 Å². The molecule has 68 valence electrons. The van der Waals surface area contributed by atoms with Crippen molar-refractivity contribution < 1.29 is 8.42 Å². The van der Waals surface area contributed by atoms with E-state index in [1.54, 1.807) is 0 Å². The van der Waals surface area contributed by atoms with Crippen molar-refractivity contribution in [3.8, 4) is 0 Å². The second kappa shape index (κ2) is 5.34. The molecule has 6 heteroatoms. The van der Waals surface area contributed by atoms with Gasteiger partial charge < -0.3 is 0 Å². The van der Waals surface area contributed by atoms with Gasteiger partial charge in [0.1, 0.15) is 0 Å². The van der Waals surface area contributed by atoms with E-state index in [4.69, 9.17) is 11.6 Å². The van der Waals surface area contributed by atoms with Crippen molar-refractivity contribution in [1.82, 2.24) is 4.72 Å². The third kappa shape index (κ3) is 3.58. The van der Waals surface area contributed by atoms with Gasteiger partial charge in [0.05, 0.1) is 4.90 Å².